The van der Waals surface area contributed by atoms with E-state index in [9.17, 15) is 4.39 Å². The van der Waals surface area contributed by atoms with Crippen molar-refractivity contribution in [2.75, 3.05) is 5.73 Å². The standard InChI is InChI=1S/C13H12FI2N3O/c14-11-6-18-13(19-12(11)17)20-7-9-2-1-8(4-15)3-10(9)5-16/h1-3,6H,4-5,7H2,(H2,17,18,19). The third-order valence-electron chi connectivity index (χ3n) is 2.67. The van der Waals surface area contributed by atoms with Gasteiger partial charge in [0.1, 0.15) is 6.61 Å². The Hall–Kier alpha value is -0.710. The first-order valence-electron chi connectivity index (χ1n) is 5.77. The lowest BCUT2D eigenvalue weighted by atomic mass is 10.1. The Morgan fingerprint density at radius 1 is 1.20 bits per heavy atom. The number of nitrogens with zero attached hydrogens (tertiary/aromatic N) is 2. The lowest BCUT2D eigenvalue weighted by Gasteiger charge is -2.10. The topological polar surface area (TPSA) is 61.0 Å². The minimum atomic E-state index is -0.642. The molecule has 0 spiro atoms. The van der Waals surface area contributed by atoms with E-state index >= 15 is 0 Å². The van der Waals surface area contributed by atoms with Crippen molar-refractivity contribution in [3.63, 3.8) is 0 Å². The minimum absolute atomic E-state index is 0.0845. The largest absolute Gasteiger partial charge is 0.459 e. The van der Waals surface area contributed by atoms with Gasteiger partial charge in [-0.3, -0.25) is 0 Å². The maximum atomic E-state index is 13.0. The zero-order chi connectivity index (χ0) is 14.5. The number of anilines is 1. The second-order valence-electron chi connectivity index (χ2n) is 4.04. The number of halogens is 3. The van der Waals surface area contributed by atoms with Crippen LogP contribution in [0.4, 0.5) is 10.2 Å². The van der Waals surface area contributed by atoms with Gasteiger partial charge in [0.25, 0.3) is 0 Å². The van der Waals surface area contributed by atoms with Crippen LogP contribution in [0, 0.1) is 5.82 Å². The molecule has 20 heavy (non-hydrogen) atoms. The molecule has 0 aliphatic heterocycles. The van der Waals surface area contributed by atoms with Crippen molar-refractivity contribution in [1.82, 2.24) is 9.97 Å². The second-order valence-corrected chi connectivity index (χ2v) is 5.57. The van der Waals surface area contributed by atoms with Crippen LogP contribution in [-0.2, 0) is 15.5 Å². The molecule has 7 heteroatoms. The lowest BCUT2D eigenvalue weighted by Crippen LogP contribution is -2.05. The summed E-state index contributed by atoms with van der Waals surface area (Å²) in [6.07, 6.45) is 1.01. The molecule has 1 heterocycles. The Morgan fingerprint density at radius 2 is 2.00 bits per heavy atom. The quantitative estimate of drug-likeness (QED) is 0.505. The van der Waals surface area contributed by atoms with Gasteiger partial charge in [0.15, 0.2) is 11.6 Å². The van der Waals surface area contributed by atoms with E-state index in [-0.39, 0.29) is 11.8 Å². The molecule has 1 aromatic heterocycles. The van der Waals surface area contributed by atoms with Crippen molar-refractivity contribution < 1.29 is 9.13 Å². The van der Waals surface area contributed by atoms with Gasteiger partial charge in [0.2, 0.25) is 0 Å². The molecule has 0 fully saturated rings. The van der Waals surface area contributed by atoms with Crippen LogP contribution in [0.2, 0.25) is 0 Å². The van der Waals surface area contributed by atoms with Gasteiger partial charge in [-0.25, -0.2) is 9.37 Å². The van der Waals surface area contributed by atoms with E-state index in [1.165, 1.54) is 11.1 Å². The van der Waals surface area contributed by atoms with E-state index in [1.54, 1.807) is 0 Å². The average Bonchev–Trinajstić information content (AvgIpc) is 2.48. The van der Waals surface area contributed by atoms with Gasteiger partial charge in [-0.05, 0) is 16.7 Å². The molecule has 0 aliphatic rings. The molecule has 0 saturated heterocycles. The Balaban J connectivity index is 2.12. The van der Waals surface area contributed by atoms with Crippen LogP contribution in [0.3, 0.4) is 0 Å². The maximum absolute atomic E-state index is 13.0. The van der Waals surface area contributed by atoms with Gasteiger partial charge in [-0.2, -0.15) is 4.98 Å². The first kappa shape index (κ1) is 15.7. The SMILES string of the molecule is Nc1nc(OCc2ccc(CI)cc2CI)ncc1F. The summed E-state index contributed by atoms with van der Waals surface area (Å²) in [5.41, 5.74) is 8.94. The van der Waals surface area contributed by atoms with E-state index in [2.05, 4.69) is 67.3 Å². The summed E-state index contributed by atoms with van der Waals surface area (Å²) in [7, 11) is 0. The zero-order valence-electron chi connectivity index (χ0n) is 10.4. The van der Waals surface area contributed by atoms with E-state index in [0.717, 1.165) is 20.6 Å². The molecule has 1 aromatic carbocycles. The van der Waals surface area contributed by atoms with E-state index < -0.39 is 5.82 Å². The predicted molar refractivity (Wildman–Crippen MR) is 92.6 cm³/mol. The van der Waals surface area contributed by atoms with E-state index in [0.29, 0.717) is 6.61 Å². The highest BCUT2D eigenvalue weighted by molar-refractivity contribution is 14.1. The summed E-state index contributed by atoms with van der Waals surface area (Å²) >= 11 is 4.65. The Morgan fingerprint density at radius 3 is 2.65 bits per heavy atom. The molecule has 0 radical (unpaired) electrons. The molecule has 0 saturated carbocycles. The van der Waals surface area contributed by atoms with Gasteiger partial charge in [0.05, 0.1) is 6.20 Å². The molecule has 0 atom stereocenters. The van der Waals surface area contributed by atoms with Crippen LogP contribution >= 0.6 is 45.2 Å². The van der Waals surface area contributed by atoms with Crippen LogP contribution in [0.5, 0.6) is 6.01 Å². The fourth-order valence-corrected chi connectivity index (χ4v) is 2.79. The van der Waals surface area contributed by atoms with Crippen molar-refractivity contribution in [2.24, 2.45) is 0 Å². The summed E-state index contributed by atoms with van der Waals surface area (Å²) in [5.74, 6) is -0.846. The Kier molecular flexibility index (Phi) is 5.75. The minimum Gasteiger partial charge on any atom is -0.459 e. The number of benzene rings is 1. The van der Waals surface area contributed by atoms with Crippen LogP contribution < -0.4 is 10.5 Å². The van der Waals surface area contributed by atoms with E-state index in [1.807, 2.05) is 6.07 Å². The van der Waals surface area contributed by atoms with Gasteiger partial charge in [0, 0.05) is 8.86 Å². The van der Waals surface area contributed by atoms with Gasteiger partial charge in [-0.15, -0.1) is 0 Å². The lowest BCUT2D eigenvalue weighted by molar-refractivity contribution is 0.279. The van der Waals surface area contributed by atoms with Crippen molar-refractivity contribution in [2.45, 2.75) is 15.5 Å². The number of hydrogen-bond donors (Lipinski definition) is 1. The molecular formula is C13H12FI2N3O. The average molecular weight is 499 g/mol. The van der Waals surface area contributed by atoms with Gasteiger partial charge >= 0.3 is 6.01 Å². The second kappa shape index (κ2) is 7.34. The molecule has 2 aromatic rings. The van der Waals surface area contributed by atoms with Crippen molar-refractivity contribution >= 4 is 51.0 Å². The van der Waals surface area contributed by atoms with Crippen molar-refractivity contribution in [1.29, 1.82) is 0 Å². The zero-order valence-corrected chi connectivity index (χ0v) is 14.8. The number of aromatic nitrogens is 2. The maximum Gasteiger partial charge on any atom is 0.318 e. The Labute approximate surface area is 143 Å². The number of ether oxygens (including phenoxy) is 1. The van der Waals surface area contributed by atoms with Gasteiger partial charge < -0.3 is 10.5 Å². The van der Waals surface area contributed by atoms with Crippen molar-refractivity contribution in [3.05, 3.63) is 46.9 Å². The van der Waals surface area contributed by atoms with Crippen molar-refractivity contribution in [3.8, 4) is 6.01 Å². The fourth-order valence-electron chi connectivity index (χ4n) is 1.60. The molecule has 2 rings (SSSR count). The monoisotopic (exact) mass is 499 g/mol. The molecule has 0 aliphatic carbocycles. The normalized spacial score (nSPS) is 10.6. The number of hydrogen-bond acceptors (Lipinski definition) is 4. The molecular weight excluding hydrogens is 487 g/mol. The van der Waals surface area contributed by atoms with Gasteiger partial charge in [-0.1, -0.05) is 63.4 Å². The van der Waals surface area contributed by atoms with Crippen LogP contribution in [0.25, 0.3) is 0 Å². The molecule has 4 nitrogen and oxygen atoms in total. The molecule has 2 N–H and O–H groups in total. The summed E-state index contributed by atoms with van der Waals surface area (Å²) in [6.45, 7) is 0.338. The summed E-state index contributed by atoms with van der Waals surface area (Å²) < 4.78 is 20.3. The fraction of sp³-hybridized carbons (Fsp3) is 0.231. The highest BCUT2D eigenvalue weighted by Gasteiger charge is 2.07. The summed E-state index contributed by atoms with van der Waals surface area (Å²) in [5, 5.41) is 0. The third kappa shape index (κ3) is 3.90. The first-order valence-corrected chi connectivity index (χ1v) is 8.82. The number of alkyl halides is 2. The molecule has 0 bridgehead atoms. The Bertz CT molecular complexity index is 610. The third-order valence-corrected chi connectivity index (χ3v) is 4.38. The van der Waals surface area contributed by atoms with Crippen LogP contribution in [0.15, 0.2) is 24.4 Å². The number of nitrogen functional groups attached to an aromatic ring is 1. The predicted octanol–water partition coefficient (Wildman–Crippen LogP) is 3.65. The molecule has 0 amide bonds. The first-order chi connectivity index (χ1) is 9.63. The molecule has 0 unspecified atom stereocenters. The van der Waals surface area contributed by atoms with E-state index in [4.69, 9.17) is 10.5 Å². The summed E-state index contributed by atoms with van der Waals surface area (Å²) in [4.78, 5) is 7.50. The summed E-state index contributed by atoms with van der Waals surface area (Å²) in [6, 6.07) is 6.36. The van der Waals surface area contributed by atoms with Crippen LogP contribution in [0.1, 0.15) is 16.7 Å². The number of rotatable bonds is 5. The number of nitrogens with two attached hydrogens (primary N) is 1. The van der Waals surface area contributed by atoms with Crippen LogP contribution in [-0.4, -0.2) is 9.97 Å². The smallest absolute Gasteiger partial charge is 0.318 e. The molecule has 106 valence electrons. The highest BCUT2D eigenvalue weighted by atomic mass is 127. The highest BCUT2D eigenvalue weighted by Crippen LogP contribution is 2.19.